The Morgan fingerprint density at radius 1 is 1.12 bits per heavy atom. The second-order valence-electron chi connectivity index (χ2n) is 9.45. The summed E-state index contributed by atoms with van der Waals surface area (Å²) in [6, 6.07) is 15.5. The lowest BCUT2D eigenvalue weighted by Gasteiger charge is -2.38. The number of H-pyrrole nitrogens is 1. The Morgan fingerprint density at radius 3 is 2.73 bits per heavy atom. The first-order valence-corrected chi connectivity index (χ1v) is 11.2. The molecule has 1 aliphatic rings. The molecule has 0 saturated carbocycles. The van der Waals surface area contributed by atoms with E-state index in [1.165, 1.54) is 5.56 Å². The Hall–Kier alpha value is -3.68. The van der Waals surface area contributed by atoms with Gasteiger partial charge < -0.3 is 14.6 Å². The molecule has 5 rings (SSSR count). The van der Waals surface area contributed by atoms with Crippen LogP contribution in [0.15, 0.2) is 53.3 Å². The van der Waals surface area contributed by atoms with Gasteiger partial charge in [-0.15, -0.1) is 5.10 Å². The second kappa shape index (κ2) is 8.03. The maximum absolute atomic E-state index is 13.4. The number of para-hydroxylation sites is 1. The van der Waals surface area contributed by atoms with Gasteiger partial charge in [0.2, 0.25) is 0 Å². The predicted molar refractivity (Wildman–Crippen MR) is 128 cm³/mol. The summed E-state index contributed by atoms with van der Waals surface area (Å²) >= 11 is 0. The van der Waals surface area contributed by atoms with Crippen LogP contribution in [0.4, 0.5) is 5.69 Å². The molecule has 1 atom stereocenters. The van der Waals surface area contributed by atoms with Gasteiger partial charge in [-0.3, -0.25) is 4.79 Å². The van der Waals surface area contributed by atoms with E-state index in [-0.39, 0.29) is 11.1 Å². The highest BCUT2D eigenvalue weighted by Crippen LogP contribution is 2.37. The SMILES string of the molecule is COc1ccc2[nH]c(=O)c(C(c3nnnn3C(C)(C)C)N3CCCc4ccccc43)cc2c1. The van der Waals surface area contributed by atoms with Crippen LogP contribution in [0.5, 0.6) is 5.75 Å². The number of ether oxygens (including phenoxy) is 1. The fourth-order valence-electron chi connectivity index (χ4n) is 4.65. The molecule has 0 radical (unpaired) electrons. The van der Waals surface area contributed by atoms with Crippen molar-refractivity contribution in [3.63, 3.8) is 0 Å². The molecule has 2 aromatic heterocycles. The minimum atomic E-state index is -0.444. The Morgan fingerprint density at radius 2 is 1.94 bits per heavy atom. The van der Waals surface area contributed by atoms with Gasteiger partial charge >= 0.3 is 0 Å². The number of hydrogen-bond donors (Lipinski definition) is 1. The largest absolute Gasteiger partial charge is 0.497 e. The van der Waals surface area contributed by atoms with Crippen molar-refractivity contribution in [1.29, 1.82) is 0 Å². The van der Waals surface area contributed by atoms with E-state index in [9.17, 15) is 4.79 Å². The number of benzene rings is 2. The molecule has 2 aromatic carbocycles. The molecule has 1 unspecified atom stereocenters. The molecule has 0 amide bonds. The second-order valence-corrected chi connectivity index (χ2v) is 9.45. The number of hydrogen-bond acceptors (Lipinski definition) is 6. The highest BCUT2D eigenvalue weighted by molar-refractivity contribution is 5.81. The van der Waals surface area contributed by atoms with Gasteiger partial charge in [-0.2, -0.15) is 0 Å². The summed E-state index contributed by atoms with van der Waals surface area (Å²) in [5, 5.41) is 13.7. The molecule has 8 nitrogen and oxygen atoms in total. The predicted octanol–water partition coefficient (Wildman–Crippen LogP) is 3.82. The van der Waals surface area contributed by atoms with Gasteiger partial charge in [-0.05, 0) is 79.9 Å². The lowest BCUT2D eigenvalue weighted by molar-refractivity contribution is 0.329. The van der Waals surface area contributed by atoms with Gasteiger partial charge in [0.1, 0.15) is 11.8 Å². The smallest absolute Gasteiger partial charge is 0.254 e. The van der Waals surface area contributed by atoms with Crippen molar-refractivity contribution in [2.45, 2.75) is 45.2 Å². The zero-order valence-corrected chi connectivity index (χ0v) is 19.4. The van der Waals surface area contributed by atoms with Crippen molar-refractivity contribution in [1.82, 2.24) is 25.2 Å². The zero-order valence-electron chi connectivity index (χ0n) is 19.4. The van der Waals surface area contributed by atoms with Crippen molar-refractivity contribution in [3.05, 3.63) is 75.8 Å². The third-order valence-corrected chi connectivity index (χ3v) is 6.21. The van der Waals surface area contributed by atoms with Crippen LogP contribution in [0, 0.1) is 0 Å². The summed E-state index contributed by atoms with van der Waals surface area (Å²) in [5.41, 5.74) is 3.25. The van der Waals surface area contributed by atoms with Crippen LogP contribution in [0.2, 0.25) is 0 Å². The fourth-order valence-corrected chi connectivity index (χ4v) is 4.65. The van der Waals surface area contributed by atoms with Crippen molar-refractivity contribution in [3.8, 4) is 5.75 Å². The van der Waals surface area contributed by atoms with E-state index in [0.29, 0.717) is 11.4 Å². The van der Waals surface area contributed by atoms with Crippen molar-refractivity contribution >= 4 is 16.6 Å². The number of rotatable bonds is 4. The molecular formula is C25H28N6O2. The van der Waals surface area contributed by atoms with Crippen LogP contribution in [-0.2, 0) is 12.0 Å². The minimum absolute atomic E-state index is 0.149. The first-order chi connectivity index (χ1) is 15.9. The van der Waals surface area contributed by atoms with E-state index in [0.717, 1.165) is 41.7 Å². The number of aryl methyl sites for hydroxylation is 1. The molecule has 0 saturated heterocycles. The first kappa shape index (κ1) is 21.2. The molecular weight excluding hydrogens is 416 g/mol. The molecule has 170 valence electrons. The van der Waals surface area contributed by atoms with Crippen LogP contribution in [0.25, 0.3) is 10.9 Å². The third kappa shape index (κ3) is 3.75. The van der Waals surface area contributed by atoms with Gasteiger partial charge in [-0.1, -0.05) is 18.2 Å². The summed E-state index contributed by atoms with van der Waals surface area (Å²) in [6.45, 7) is 6.98. The van der Waals surface area contributed by atoms with E-state index in [2.05, 4.69) is 64.4 Å². The van der Waals surface area contributed by atoms with Gasteiger partial charge in [-0.25, -0.2) is 4.68 Å². The molecule has 1 aliphatic heterocycles. The lowest BCUT2D eigenvalue weighted by Crippen LogP contribution is -2.40. The van der Waals surface area contributed by atoms with Crippen molar-refractivity contribution in [2.24, 2.45) is 0 Å². The number of fused-ring (bicyclic) bond motifs is 2. The van der Waals surface area contributed by atoms with Crippen LogP contribution in [0.1, 0.15) is 50.2 Å². The molecule has 3 heterocycles. The number of nitrogens with zero attached hydrogens (tertiary/aromatic N) is 5. The molecule has 0 aliphatic carbocycles. The maximum Gasteiger partial charge on any atom is 0.254 e. The molecule has 0 spiro atoms. The molecule has 4 aromatic rings. The number of pyridine rings is 1. The molecule has 33 heavy (non-hydrogen) atoms. The molecule has 8 heteroatoms. The molecule has 1 N–H and O–H groups in total. The summed E-state index contributed by atoms with van der Waals surface area (Å²) in [5.74, 6) is 1.38. The van der Waals surface area contributed by atoms with E-state index < -0.39 is 6.04 Å². The van der Waals surface area contributed by atoms with Crippen LogP contribution in [0.3, 0.4) is 0 Å². The Bertz CT molecular complexity index is 1370. The monoisotopic (exact) mass is 444 g/mol. The van der Waals surface area contributed by atoms with Gasteiger partial charge in [0.05, 0.1) is 12.6 Å². The topological polar surface area (TPSA) is 88.9 Å². The standard InChI is InChI=1S/C25H28N6O2/c1-25(2,3)31-23(27-28-29-31)22(30-13-7-9-16-8-5-6-10-21(16)30)19-15-17-14-18(33-4)11-12-20(17)26-24(19)32/h5-6,8,10-12,14-15,22H,7,9,13H2,1-4H3,(H,26,32). The van der Waals surface area contributed by atoms with Crippen molar-refractivity contribution in [2.75, 3.05) is 18.6 Å². The zero-order chi connectivity index (χ0) is 23.2. The molecule has 0 fully saturated rings. The van der Waals surface area contributed by atoms with Crippen LogP contribution < -0.4 is 15.2 Å². The van der Waals surface area contributed by atoms with Gasteiger partial charge in [0.15, 0.2) is 5.82 Å². The van der Waals surface area contributed by atoms with Crippen LogP contribution >= 0.6 is 0 Å². The highest BCUT2D eigenvalue weighted by atomic mass is 16.5. The summed E-state index contributed by atoms with van der Waals surface area (Å²) in [4.78, 5) is 18.8. The van der Waals surface area contributed by atoms with E-state index in [1.54, 1.807) is 7.11 Å². The van der Waals surface area contributed by atoms with Crippen molar-refractivity contribution < 1.29 is 4.74 Å². The van der Waals surface area contributed by atoms with Gasteiger partial charge in [0.25, 0.3) is 5.56 Å². The van der Waals surface area contributed by atoms with Gasteiger partial charge in [0, 0.05) is 28.7 Å². The Balaban J connectivity index is 1.77. The normalized spacial score (nSPS) is 14.8. The van der Waals surface area contributed by atoms with Crippen LogP contribution in [-0.4, -0.2) is 38.8 Å². The number of nitrogens with one attached hydrogen (secondary N) is 1. The average molecular weight is 445 g/mol. The highest BCUT2D eigenvalue weighted by Gasteiger charge is 2.35. The third-order valence-electron chi connectivity index (χ3n) is 6.21. The fraction of sp³-hybridized carbons (Fsp3) is 0.360. The Kier molecular flexibility index (Phi) is 5.15. The summed E-state index contributed by atoms with van der Waals surface area (Å²) in [6.07, 6.45) is 2.00. The maximum atomic E-state index is 13.4. The average Bonchev–Trinajstić information content (AvgIpc) is 3.30. The quantitative estimate of drug-likeness (QED) is 0.515. The Labute approximate surface area is 192 Å². The van der Waals surface area contributed by atoms with E-state index in [1.807, 2.05) is 35.0 Å². The number of methoxy groups -OCH3 is 1. The molecule has 0 bridgehead atoms. The number of anilines is 1. The minimum Gasteiger partial charge on any atom is -0.497 e. The first-order valence-electron chi connectivity index (χ1n) is 11.2. The number of aromatic nitrogens is 5. The van der Waals surface area contributed by atoms with E-state index >= 15 is 0 Å². The lowest BCUT2D eigenvalue weighted by atomic mass is 9.96. The summed E-state index contributed by atoms with van der Waals surface area (Å²) < 4.78 is 7.24. The summed E-state index contributed by atoms with van der Waals surface area (Å²) in [7, 11) is 1.64. The number of aromatic amines is 1. The number of tetrazole rings is 1. The van der Waals surface area contributed by atoms with E-state index in [4.69, 9.17) is 4.74 Å².